The number of benzene rings is 1. The lowest BCUT2D eigenvalue weighted by Crippen LogP contribution is -2.34. The standard InChI is InChI=1S/C24H29NO2/c1-15-12-19-20(23(4,5)8-7-22(19,2)3)13-18(15)24(9-10-24)17-6-11-25-14-16(17)21(26)27/h6,11-14H,7-10H2,1-5H3,(H,26,27). The number of pyridine rings is 1. The summed E-state index contributed by atoms with van der Waals surface area (Å²) in [4.78, 5) is 15.8. The van der Waals surface area contributed by atoms with E-state index in [4.69, 9.17) is 0 Å². The predicted octanol–water partition coefficient (Wildman–Crippen LogP) is 5.52. The van der Waals surface area contributed by atoms with E-state index in [2.05, 4.69) is 51.7 Å². The number of aryl methyl sites for hydroxylation is 1. The van der Waals surface area contributed by atoms with Crippen LogP contribution in [0.1, 0.15) is 91.6 Å². The van der Waals surface area contributed by atoms with Crippen molar-refractivity contribution in [2.24, 2.45) is 0 Å². The minimum atomic E-state index is -0.888. The molecule has 4 rings (SSSR count). The lowest BCUT2D eigenvalue weighted by Gasteiger charge is -2.43. The molecule has 0 radical (unpaired) electrons. The zero-order chi connectivity index (χ0) is 19.6. The Morgan fingerprint density at radius 1 is 0.926 bits per heavy atom. The molecule has 0 bridgehead atoms. The van der Waals surface area contributed by atoms with Gasteiger partial charge in [0.1, 0.15) is 0 Å². The van der Waals surface area contributed by atoms with E-state index in [1.807, 2.05) is 6.07 Å². The Bertz CT molecular complexity index is 935. The maximum atomic E-state index is 11.8. The highest BCUT2D eigenvalue weighted by Gasteiger charge is 2.50. The monoisotopic (exact) mass is 363 g/mol. The van der Waals surface area contributed by atoms with E-state index in [1.165, 1.54) is 41.3 Å². The molecule has 1 heterocycles. The summed E-state index contributed by atoms with van der Waals surface area (Å²) in [6, 6.07) is 6.70. The normalized spacial score (nSPS) is 21.4. The first-order valence-corrected chi connectivity index (χ1v) is 9.92. The summed E-state index contributed by atoms with van der Waals surface area (Å²) < 4.78 is 0. The van der Waals surface area contributed by atoms with Crippen LogP contribution in [-0.2, 0) is 16.2 Å². The second-order valence-corrected chi connectivity index (χ2v) is 9.79. The van der Waals surface area contributed by atoms with Gasteiger partial charge in [-0.05, 0) is 77.3 Å². The highest BCUT2D eigenvalue weighted by atomic mass is 16.4. The molecule has 0 atom stereocenters. The van der Waals surface area contributed by atoms with Gasteiger partial charge in [0.05, 0.1) is 5.56 Å². The first kappa shape index (κ1) is 18.2. The van der Waals surface area contributed by atoms with Crippen molar-refractivity contribution in [3.63, 3.8) is 0 Å². The molecule has 3 nitrogen and oxygen atoms in total. The third-order valence-corrected chi connectivity index (χ3v) is 7.03. The summed E-state index contributed by atoms with van der Waals surface area (Å²) in [5, 5.41) is 9.68. The van der Waals surface area contributed by atoms with Gasteiger partial charge < -0.3 is 5.11 Å². The van der Waals surface area contributed by atoms with Crippen molar-refractivity contribution < 1.29 is 9.90 Å². The van der Waals surface area contributed by atoms with Crippen LogP contribution in [0.4, 0.5) is 0 Å². The number of nitrogens with zero attached hydrogens (tertiary/aromatic N) is 1. The van der Waals surface area contributed by atoms with Gasteiger partial charge >= 0.3 is 5.97 Å². The lowest BCUT2D eigenvalue weighted by molar-refractivity contribution is 0.0694. The smallest absolute Gasteiger partial charge is 0.337 e. The summed E-state index contributed by atoms with van der Waals surface area (Å²) in [6.07, 6.45) is 7.60. The molecule has 2 aromatic rings. The third-order valence-electron chi connectivity index (χ3n) is 7.03. The minimum Gasteiger partial charge on any atom is -0.478 e. The van der Waals surface area contributed by atoms with Crippen molar-refractivity contribution in [1.29, 1.82) is 0 Å². The average Bonchev–Trinajstić information content (AvgIpc) is 3.40. The number of rotatable bonds is 3. The SMILES string of the molecule is Cc1cc2c(cc1C1(c3ccncc3C(=O)O)CC1)C(C)(C)CCC2(C)C. The summed E-state index contributed by atoms with van der Waals surface area (Å²) in [6.45, 7) is 11.6. The van der Waals surface area contributed by atoms with Crippen LogP contribution in [0.3, 0.4) is 0 Å². The van der Waals surface area contributed by atoms with Crippen molar-refractivity contribution in [3.05, 3.63) is 64.0 Å². The Hall–Kier alpha value is -2.16. The second kappa shape index (κ2) is 5.67. The molecule has 2 aliphatic carbocycles. The minimum absolute atomic E-state index is 0.150. The van der Waals surface area contributed by atoms with Crippen molar-refractivity contribution in [3.8, 4) is 0 Å². The van der Waals surface area contributed by atoms with Gasteiger partial charge in [-0.25, -0.2) is 4.79 Å². The van der Waals surface area contributed by atoms with Gasteiger partial charge in [-0.1, -0.05) is 39.8 Å². The van der Waals surface area contributed by atoms with Crippen molar-refractivity contribution in [2.45, 2.75) is 76.5 Å². The molecule has 0 saturated heterocycles. The van der Waals surface area contributed by atoms with Crippen LogP contribution in [0.2, 0.25) is 0 Å². The molecule has 1 N–H and O–H groups in total. The van der Waals surface area contributed by atoms with Crippen LogP contribution in [-0.4, -0.2) is 16.1 Å². The van der Waals surface area contributed by atoms with E-state index in [0.717, 1.165) is 18.4 Å². The van der Waals surface area contributed by atoms with Gasteiger partial charge in [-0.3, -0.25) is 4.98 Å². The molecule has 1 saturated carbocycles. The van der Waals surface area contributed by atoms with Crippen LogP contribution in [0.15, 0.2) is 30.6 Å². The molecular formula is C24H29NO2. The number of carboxylic acids is 1. The molecule has 0 aliphatic heterocycles. The molecule has 1 aromatic heterocycles. The molecule has 0 spiro atoms. The Balaban J connectivity index is 1.93. The molecule has 1 aromatic carbocycles. The van der Waals surface area contributed by atoms with Crippen molar-refractivity contribution >= 4 is 5.97 Å². The molecule has 1 fully saturated rings. The second-order valence-electron chi connectivity index (χ2n) is 9.79. The van der Waals surface area contributed by atoms with E-state index in [9.17, 15) is 9.90 Å². The fourth-order valence-corrected chi connectivity index (χ4v) is 5.03. The van der Waals surface area contributed by atoms with E-state index in [1.54, 1.807) is 6.20 Å². The van der Waals surface area contributed by atoms with Crippen LogP contribution in [0, 0.1) is 6.92 Å². The van der Waals surface area contributed by atoms with Crippen LogP contribution < -0.4 is 0 Å². The van der Waals surface area contributed by atoms with Crippen LogP contribution in [0.5, 0.6) is 0 Å². The van der Waals surface area contributed by atoms with E-state index in [-0.39, 0.29) is 16.2 Å². The zero-order valence-corrected chi connectivity index (χ0v) is 17.0. The summed E-state index contributed by atoms with van der Waals surface area (Å²) in [5.41, 5.74) is 6.91. The number of aromatic nitrogens is 1. The van der Waals surface area contributed by atoms with E-state index < -0.39 is 5.97 Å². The maximum Gasteiger partial charge on any atom is 0.337 e. The number of hydrogen-bond donors (Lipinski definition) is 1. The van der Waals surface area contributed by atoms with Crippen LogP contribution >= 0.6 is 0 Å². The Morgan fingerprint density at radius 3 is 2.07 bits per heavy atom. The summed E-state index contributed by atoms with van der Waals surface area (Å²) in [7, 11) is 0. The first-order chi connectivity index (χ1) is 12.6. The average molecular weight is 364 g/mol. The Morgan fingerprint density at radius 2 is 1.52 bits per heavy atom. The number of hydrogen-bond acceptors (Lipinski definition) is 2. The van der Waals surface area contributed by atoms with Crippen LogP contribution in [0.25, 0.3) is 0 Å². The largest absolute Gasteiger partial charge is 0.478 e. The van der Waals surface area contributed by atoms with Gasteiger partial charge in [0.25, 0.3) is 0 Å². The Kier molecular flexibility index (Phi) is 3.82. The molecule has 27 heavy (non-hydrogen) atoms. The Labute approximate surface area is 161 Å². The number of aromatic carboxylic acids is 1. The lowest BCUT2D eigenvalue weighted by atomic mass is 9.62. The molecule has 3 heteroatoms. The number of fused-ring (bicyclic) bond motifs is 1. The fraction of sp³-hybridized carbons (Fsp3) is 0.500. The first-order valence-electron chi connectivity index (χ1n) is 9.92. The highest BCUT2D eigenvalue weighted by Crippen LogP contribution is 2.57. The quantitative estimate of drug-likeness (QED) is 0.781. The van der Waals surface area contributed by atoms with Crippen molar-refractivity contribution in [2.75, 3.05) is 0 Å². The number of carbonyl (C=O) groups is 1. The van der Waals surface area contributed by atoms with E-state index >= 15 is 0 Å². The van der Waals surface area contributed by atoms with Gasteiger partial charge in [0, 0.05) is 17.8 Å². The predicted molar refractivity (Wildman–Crippen MR) is 108 cm³/mol. The molecule has 142 valence electrons. The van der Waals surface area contributed by atoms with Gasteiger partial charge in [0.15, 0.2) is 0 Å². The molecule has 0 amide bonds. The summed E-state index contributed by atoms with van der Waals surface area (Å²) >= 11 is 0. The van der Waals surface area contributed by atoms with Gasteiger partial charge in [0.2, 0.25) is 0 Å². The summed E-state index contributed by atoms with van der Waals surface area (Å²) in [5.74, 6) is -0.888. The van der Waals surface area contributed by atoms with Gasteiger partial charge in [-0.15, -0.1) is 0 Å². The van der Waals surface area contributed by atoms with E-state index in [0.29, 0.717) is 5.56 Å². The maximum absolute atomic E-state index is 11.8. The molecule has 0 unspecified atom stereocenters. The topological polar surface area (TPSA) is 50.2 Å². The van der Waals surface area contributed by atoms with Gasteiger partial charge in [-0.2, -0.15) is 0 Å². The third kappa shape index (κ3) is 2.70. The molecular weight excluding hydrogens is 334 g/mol. The zero-order valence-electron chi connectivity index (χ0n) is 17.0. The highest BCUT2D eigenvalue weighted by molar-refractivity contribution is 5.90. The number of carboxylic acid groups (broad SMARTS) is 1. The molecule has 2 aliphatic rings. The van der Waals surface area contributed by atoms with Crippen molar-refractivity contribution in [1.82, 2.24) is 4.98 Å². The fourth-order valence-electron chi connectivity index (χ4n) is 5.03.